The van der Waals surface area contributed by atoms with Gasteiger partial charge in [0, 0.05) is 11.3 Å². The summed E-state index contributed by atoms with van der Waals surface area (Å²) in [6.07, 6.45) is 6.43. The molecule has 0 bridgehead atoms. The Kier molecular flexibility index (Phi) is 5.97. The number of rotatable bonds is 6. The molecule has 4 heteroatoms. The van der Waals surface area contributed by atoms with Gasteiger partial charge in [-0.05, 0) is 60.3 Å². The van der Waals surface area contributed by atoms with Crippen LogP contribution in [-0.4, -0.2) is 30.6 Å². The van der Waals surface area contributed by atoms with E-state index in [4.69, 9.17) is 10.6 Å². The van der Waals surface area contributed by atoms with Crippen LogP contribution >= 0.6 is 0 Å². The highest BCUT2D eigenvalue weighted by atomic mass is 16.6. The first-order valence-corrected chi connectivity index (χ1v) is 10.5. The molecule has 0 aromatic heterocycles. The summed E-state index contributed by atoms with van der Waals surface area (Å²) in [5.74, 6) is 0.658. The van der Waals surface area contributed by atoms with E-state index in [9.17, 15) is 5.11 Å². The molecule has 27 heavy (non-hydrogen) atoms. The van der Waals surface area contributed by atoms with Gasteiger partial charge in [0.1, 0.15) is 6.61 Å². The number of oxime groups is 1. The van der Waals surface area contributed by atoms with Gasteiger partial charge in [-0.25, -0.2) is 0 Å². The molecule has 3 N–H and O–H groups in total. The number of aliphatic hydroxyl groups is 1. The molecule has 2 aliphatic carbocycles. The summed E-state index contributed by atoms with van der Waals surface area (Å²) < 4.78 is 0. The summed E-state index contributed by atoms with van der Waals surface area (Å²) >= 11 is 0. The van der Waals surface area contributed by atoms with Crippen molar-refractivity contribution >= 4 is 6.21 Å². The van der Waals surface area contributed by atoms with Crippen molar-refractivity contribution in [3.05, 3.63) is 34.9 Å². The van der Waals surface area contributed by atoms with Crippen molar-refractivity contribution in [3.63, 3.8) is 0 Å². The van der Waals surface area contributed by atoms with Crippen LogP contribution < -0.4 is 5.73 Å². The Morgan fingerprint density at radius 3 is 2.81 bits per heavy atom. The number of nitrogens with zero attached hydrogens (tertiary/aromatic N) is 1. The Morgan fingerprint density at radius 2 is 2.11 bits per heavy atom. The smallest absolute Gasteiger partial charge is 0.118 e. The first-order valence-electron chi connectivity index (χ1n) is 10.5. The first-order chi connectivity index (χ1) is 12.8. The topological polar surface area (TPSA) is 67.8 Å². The van der Waals surface area contributed by atoms with Crippen molar-refractivity contribution in [1.82, 2.24) is 0 Å². The second-order valence-corrected chi connectivity index (χ2v) is 9.31. The number of hydrogen-bond acceptors (Lipinski definition) is 4. The van der Waals surface area contributed by atoms with Crippen LogP contribution in [-0.2, 0) is 16.7 Å². The van der Waals surface area contributed by atoms with Crippen LogP contribution in [0.15, 0.2) is 23.4 Å². The lowest BCUT2D eigenvalue weighted by Gasteiger charge is -2.56. The maximum absolute atomic E-state index is 11.2. The monoisotopic (exact) mass is 372 g/mol. The van der Waals surface area contributed by atoms with E-state index in [0.717, 1.165) is 32.1 Å². The summed E-state index contributed by atoms with van der Waals surface area (Å²) in [7, 11) is 0. The number of fused-ring (bicyclic) bond motifs is 3. The Labute approximate surface area is 164 Å². The Bertz CT molecular complexity index is 687. The Hall–Kier alpha value is -1.39. The van der Waals surface area contributed by atoms with Crippen LogP contribution in [0, 0.1) is 11.3 Å². The van der Waals surface area contributed by atoms with Crippen LogP contribution in [0.1, 0.15) is 76.0 Å². The molecule has 0 saturated heterocycles. The zero-order chi connectivity index (χ0) is 19.7. The van der Waals surface area contributed by atoms with E-state index in [1.807, 2.05) is 6.21 Å². The molecule has 0 radical (unpaired) electrons. The fraction of sp³-hybridized carbons (Fsp3) is 0.696. The van der Waals surface area contributed by atoms with E-state index in [1.165, 1.54) is 16.7 Å². The molecular weight excluding hydrogens is 336 g/mol. The minimum atomic E-state index is -0.356. The van der Waals surface area contributed by atoms with Gasteiger partial charge in [0.25, 0.3) is 0 Å². The molecule has 1 fully saturated rings. The minimum Gasteiger partial charge on any atom is -0.396 e. The summed E-state index contributed by atoms with van der Waals surface area (Å²) in [6, 6.07) is 6.92. The third-order valence-corrected chi connectivity index (χ3v) is 6.90. The Balaban J connectivity index is 1.92. The molecule has 1 aromatic rings. The van der Waals surface area contributed by atoms with Crippen molar-refractivity contribution in [1.29, 1.82) is 0 Å². The lowest BCUT2D eigenvalue weighted by atomic mass is 9.49. The summed E-state index contributed by atoms with van der Waals surface area (Å²) in [5, 5.41) is 15.5. The largest absolute Gasteiger partial charge is 0.396 e. The molecule has 0 heterocycles. The quantitative estimate of drug-likeness (QED) is 0.448. The average Bonchev–Trinajstić information content (AvgIpc) is 2.60. The van der Waals surface area contributed by atoms with Gasteiger partial charge in [-0.3, -0.25) is 0 Å². The highest BCUT2D eigenvalue weighted by Crippen LogP contribution is 2.56. The number of nitrogens with two attached hydrogens (primary N) is 1. The zero-order valence-electron chi connectivity index (χ0n) is 17.4. The molecule has 0 unspecified atom stereocenters. The van der Waals surface area contributed by atoms with Gasteiger partial charge in [-0.1, -0.05) is 57.5 Å². The van der Waals surface area contributed by atoms with E-state index >= 15 is 0 Å². The van der Waals surface area contributed by atoms with Gasteiger partial charge in [0.2, 0.25) is 0 Å². The van der Waals surface area contributed by atoms with Gasteiger partial charge in [-0.15, -0.1) is 0 Å². The van der Waals surface area contributed by atoms with Gasteiger partial charge in [0.15, 0.2) is 0 Å². The number of aliphatic hydroxyl groups excluding tert-OH is 1. The van der Waals surface area contributed by atoms with E-state index < -0.39 is 0 Å². The van der Waals surface area contributed by atoms with Crippen LogP contribution in [0.5, 0.6) is 0 Å². The molecule has 3 rings (SSSR count). The van der Waals surface area contributed by atoms with E-state index in [1.54, 1.807) is 0 Å². The molecular formula is C23H36N2O2. The maximum Gasteiger partial charge on any atom is 0.118 e. The summed E-state index contributed by atoms with van der Waals surface area (Å²) in [5.41, 5.74) is 9.43. The molecule has 0 aliphatic heterocycles. The van der Waals surface area contributed by atoms with Crippen LogP contribution in [0.4, 0.5) is 0 Å². The van der Waals surface area contributed by atoms with E-state index in [-0.39, 0.29) is 22.9 Å². The summed E-state index contributed by atoms with van der Waals surface area (Å²) in [4.78, 5) is 5.41. The highest BCUT2D eigenvalue weighted by Gasteiger charge is 2.55. The maximum atomic E-state index is 11.2. The third-order valence-electron chi connectivity index (χ3n) is 6.90. The van der Waals surface area contributed by atoms with Crippen molar-refractivity contribution in [2.45, 2.75) is 77.2 Å². The van der Waals surface area contributed by atoms with Crippen LogP contribution in [0.3, 0.4) is 0 Å². The van der Waals surface area contributed by atoms with Crippen molar-refractivity contribution in [2.75, 3.05) is 13.2 Å². The molecule has 2 aliphatic rings. The second kappa shape index (κ2) is 7.92. The predicted molar refractivity (Wildman–Crippen MR) is 111 cm³/mol. The molecule has 4 atom stereocenters. The van der Waals surface area contributed by atoms with Gasteiger partial charge >= 0.3 is 0 Å². The molecule has 0 amide bonds. The standard InChI is InChI=1S/C23H36N2O2/c1-16(2)17-7-8-19-18(13-17)14-20(26)21-22(3,9-5-10-23(19,21)4)15-25-27-12-6-11-24/h7-8,13,15-16,20-21,26H,5-6,9-12,14,24H2,1-4H3/b25-15+/t20-,21-,22-,23+/m0/s1. The first kappa shape index (κ1) is 20.3. The zero-order valence-corrected chi connectivity index (χ0v) is 17.4. The SMILES string of the molecule is CC(C)c1ccc2c(c1)C[C@H](O)[C@H]1[C@](C)(/C=N/OCCCN)CCC[C@]21C. The average molecular weight is 373 g/mol. The Morgan fingerprint density at radius 1 is 1.33 bits per heavy atom. The molecule has 1 saturated carbocycles. The highest BCUT2D eigenvalue weighted by molar-refractivity contribution is 5.67. The number of hydrogen-bond donors (Lipinski definition) is 2. The summed E-state index contributed by atoms with van der Waals surface area (Å²) in [6.45, 7) is 10.2. The van der Waals surface area contributed by atoms with Crippen molar-refractivity contribution in [2.24, 2.45) is 22.2 Å². The van der Waals surface area contributed by atoms with E-state index in [0.29, 0.717) is 19.1 Å². The fourth-order valence-electron chi connectivity index (χ4n) is 5.59. The van der Waals surface area contributed by atoms with Crippen molar-refractivity contribution < 1.29 is 9.94 Å². The lowest BCUT2D eigenvalue weighted by molar-refractivity contribution is -0.0309. The lowest BCUT2D eigenvalue weighted by Crippen LogP contribution is -2.56. The number of benzene rings is 1. The molecule has 150 valence electrons. The van der Waals surface area contributed by atoms with Gasteiger partial charge < -0.3 is 15.7 Å². The van der Waals surface area contributed by atoms with Crippen molar-refractivity contribution in [3.8, 4) is 0 Å². The predicted octanol–water partition coefficient (Wildman–Crippen LogP) is 4.14. The minimum absolute atomic E-state index is 0.0290. The van der Waals surface area contributed by atoms with Gasteiger partial charge in [-0.2, -0.15) is 0 Å². The normalized spacial score (nSPS) is 33.1. The molecule has 4 nitrogen and oxygen atoms in total. The molecule has 0 spiro atoms. The van der Waals surface area contributed by atoms with Gasteiger partial charge in [0.05, 0.1) is 12.3 Å². The van der Waals surface area contributed by atoms with E-state index in [2.05, 4.69) is 51.0 Å². The molecule has 1 aromatic carbocycles. The van der Waals surface area contributed by atoms with Crippen LogP contribution in [0.2, 0.25) is 0 Å². The fourth-order valence-corrected chi connectivity index (χ4v) is 5.59. The second-order valence-electron chi connectivity index (χ2n) is 9.31. The van der Waals surface area contributed by atoms with Crippen LogP contribution in [0.25, 0.3) is 0 Å². The third kappa shape index (κ3) is 3.79.